The van der Waals surface area contributed by atoms with Gasteiger partial charge in [-0.1, -0.05) is 23.7 Å². The quantitative estimate of drug-likeness (QED) is 0.458. The molecule has 2 aromatic carbocycles. The number of hydrogen-bond acceptors (Lipinski definition) is 5. The molecule has 0 aliphatic carbocycles. The minimum atomic E-state index is -0.425. The molecule has 2 rings (SSSR count). The van der Waals surface area contributed by atoms with Crippen molar-refractivity contribution < 1.29 is 14.6 Å². The van der Waals surface area contributed by atoms with Gasteiger partial charge in [-0.05, 0) is 29.8 Å². The number of amides is 1. The smallest absolute Gasteiger partial charge is 0.273 e. The fraction of sp³-hybridized carbons (Fsp3) is 0.0667. The third-order valence-electron chi connectivity index (χ3n) is 2.86. The van der Waals surface area contributed by atoms with Crippen molar-refractivity contribution >= 4 is 29.4 Å². The van der Waals surface area contributed by atoms with Crippen molar-refractivity contribution in [2.24, 2.45) is 5.10 Å². The van der Waals surface area contributed by atoms with Crippen LogP contribution >= 0.6 is 11.6 Å². The van der Waals surface area contributed by atoms with Gasteiger partial charge in [0.2, 0.25) is 0 Å². The highest BCUT2D eigenvalue weighted by Gasteiger charge is 2.09. The van der Waals surface area contributed by atoms with Gasteiger partial charge in [-0.3, -0.25) is 4.79 Å². The molecule has 22 heavy (non-hydrogen) atoms. The topological polar surface area (TPSA) is 96.9 Å². The van der Waals surface area contributed by atoms with Crippen molar-refractivity contribution in [2.45, 2.75) is 0 Å². The van der Waals surface area contributed by atoms with Crippen LogP contribution in [0, 0.1) is 0 Å². The number of nitrogens with zero attached hydrogens (tertiary/aromatic N) is 1. The Balaban J connectivity index is 2.12. The molecule has 0 unspecified atom stereocenters. The van der Waals surface area contributed by atoms with E-state index >= 15 is 0 Å². The fourth-order valence-electron chi connectivity index (χ4n) is 1.75. The summed E-state index contributed by atoms with van der Waals surface area (Å²) in [7, 11) is 1.41. The maximum Gasteiger partial charge on any atom is 0.273 e. The number of para-hydroxylation sites is 1. The van der Waals surface area contributed by atoms with E-state index in [-0.39, 0.29) is 16.5 Å². The number of phenolic OH excluding ortho intramolecular Hbond substituents is 1. The van der Waals surface area contributed by atoms with Gasteiger partial charge in [-0.2, -0.15) is 5.10 Å². The van der Waals surface area contributed by atoms with E-state index in [1.54, 1.807) is 24.3 Å². The molecular formula is C15H14ClN3O3. The number of anilines is 1. The number of rotatable bonds is 4. The average molecular weight is 320 g/mol. The number of benzene rings is 2. The van der Waals surface area contributed by atoms with Gasteiger partial charge in [0.15, 0.2) is 11.5 Å². The number of phenols is 1. The number of aromatic hydroxyl groups is 1. The molecule has 0 radical (unpaired) electrons. The Hall–Kier alpha value is -2.73. The lowest BCUT2D eigenvalue weighted by Gasteiger charge is -2.06. The second-order valence-electron chi connectivity index (χ2n) is 4.34. The van der Waals surface area contributed by atoms with E-state index in [1.807, 2.05) is 0 Å². The lowest BCUT2D eigenvalue weighted by atomic mass is 10.2. The summed E-state index contributed by atoms with van der Waals surface area (Å²) in [6.07, 6.45) is 1.38. The molecule has 0 aliphatic heterocycles. The van der Waals surface area contributed by atoms with Gasteiger partial charge in [0.25, 0.3) is 5.91 Å². The zero-order chi connectivity index (χ0) is 16.1. The molecule has 0 aromatic heterocycles. The number of methoxy groups -OCH3 is 1. The van der Waals surface area contributed by atoms with Gasteiger partial charge in [0, 0.05) is 5.69 Å². The zero-order valence-electron chi connectivity index (χ0n) is 11.7. The standard InChI is InChI=1S/C15H14ClN3O3/c1-22-13-7-9(6-11(16)14(13)20)8-18-19-15(21)10-4-2-3-5-12(10)17/h2-8,20H,17H2,1H3,(H,19,21)/b18-8+. The molecule has 0 spiro atoms. The minimum Gasteiger partial charge on any atom is -0.503 e. The largest absolute Gasteiger partial charge is 0.503 e. The predicted molar refractivity (Wildman–Crippen MR) is 85.6 cm³/mol. The Morgan fingerprint density at radius 2 is 2.14 bits per heavy atom. The molecule has 0 fully saturated rings. The van der Waals surface area contributed by atoms with Crippen molar-refractivity contribution in [3.05, 3.63) is 52.5 Å². The molecule has 0 aliphatic rings. The summed E-state index contributed by atoms with van der Waals surface area (Å²) in [5, 5.41) is 13.6. The van der Waals surface area contributed by atoms with Crippen LogP contribution in [0.25, 0.3) is 0 Å². The highest BCUT2D eigenvalue weighted by Crippen LogP contribution is 2.34. The van der Waals surface area contributed by atoms with Gasteiger partial charge in [0.1, 0.15) is 0 Å². The molecule has 0 heterocycles. The van der Waals surface area contributed by atoms with Crippen LogP contribution in [0.4, 0.5) is 5.69 Å². The van der Waals surface area contributed by atoms with E-state index in [1.165, 1.54) is 25.5 Å². The SMILES string of the molecule is COc1cc(/C=N/NC(=O)c2ccccc2N)cc(Cl)c1O. The minimum absolute atomic E-state index is 0.124. The number of hydrazone groups is 1. The highest BCUT2D eigenvalue weighted by atomic mass is 35.5. The first-order valence-electron chi connectivity index (χ1n) is 6.27. The van der Waals surface area contributed by atoms with Crippen molar-refractivity contribution in [1.82, 2.24) is 5.43 Å². The van der Waals surface area contributed by atoms with E-state index in [9.17, 15) is 9.90 Å². The van der Waals surface area contributed by atoms with E-state index < -0.39 is 5.91 Å². The second-order valence-corrected chi connectivity index (χ2v) is 4.75. The molecule has 0 saturated heterocycles. The first-order valence-corrected chi connectivity index (χ1v) is 6.65. The van der Waals surface area contributed by atoms with Crippen LogP contribution in [-0.4, -0.2) is 24.3 Å². The first-order chi connectivity index (χ1) is 10.5. The summed E-state index contributed by atoms with van der Waals surface area (Å²) in [5.74, 6) is -0.360. The van der Waals surface area contributed by atoms with Crippen LogP contribution in [0.5, 0.6) is 11.5 Å². The molecule has 7 heteroatoms. The number of halogens is 1. The van der Waals surface area contributed by atoms with Crippen LogP contribution < -0.4 is 15.9 Å². The van der Waals surface area contributed by atoms with Crippen LogP contribution in [0.1, 0.15) is 15.9 Å². The van der Waals surface area contributed by atoms with Gasteiger partial charge in [0.05, 0.1) is 23.9 Å². The highest BCUT2D eigenvalue weighted by molar-refractivity contribution is 6.32. The number of carbonyl (C=O) groups is 1. The summed E-state index contributed by atoms with van der Waals surface area (Å²) in [6, 6.07) is 9.70. The van der Waals surface area contributed by atoms with E-state index in [0.717, 1.165) is 0 Å². The molecule has 2 aromatic rings. The molecular weight excluding hydrogens is 306 g/mol. The Morgan fingerprint density at radius 3 is 2.82 bits per heavy atom. The Kier molecular flexibility index (Phi) is 4.85. The number of carbonyl (C=O) groups excluding carboxylic acids is 1. The Morgan fingerprint density at radius 1 is 1.41 bits per heavy atom. The van der Waals surface area contributed by atoms with E-state index in [2.05, 4.69) is 10.5 Å². The zero-order valence-corrected chi connectivity index (χ0v) is 12.5. The molecule has 114 valence electrons. The maximum atomic E-state index is 11.9. The van der Waals surface area contributed by atoms with Crippen molar-refractivity contribution in [3.8, 4) is 11.5 Å². The lowest BCUT2D eigenvalue weighted by Crippen LogP contribution is -2.19. The lowest BCUT2D eigenvalue weighted by molar-refractivity contribution is 0.0956. The Labute approximate surface area is 132 Å². The van der Waals surface area contributed by atoms with Gasteiger partial charge in [-0.15, -0.1) is 0 Å². The number of nitrogens with one attached hydrogen (secondary N) is 1. The second kappa shape index (κ2) is 6.82. The van der Waals surface area contributed by atoms with Crippen LogP contribution in [0.3, 0.4) is 0 Å². The van der Waals surface area contributed by atoms with Crippen molar-refractivity contribution in [3.63, 3.8) is 0 Å². The van der Waals surface area contributed by atoms with Gasteiger partial charge in [-0.25, -0.2) is 5.43 Å². The van der Waals surface area contributed by atoms with Crippen molar-refractivity contribution in [1.29, 1.82) is 0 Å². The Bertz CT molecular complexity index is 732. The van der Waals surface area contributed by atoms with Crippen LogP contribution in [-0.2, 0) is 0 Å². The third-order valence-corrected chi connectivity index (χ3v) is 3.14. The van der Waals surface area contributed by atoms with Crippen LogP contribution in [0.2, 0.25) is 5.02 Å². The molecule has 4 N–H and O–H groups in total. The van der Waals surface area contributed by atoms with Crippen molar-refractivity contribution in [2.75, 3.05) is 12.8 Å². The first kappa shape index (κ1) is 15.7. The number of nitrogens with two attached hydrogens (primary N) is 1. The molecule has 1 amide bonds. The summed E-state index contributed by atoms with van der Waals surface area (Å²) in [5.41, 5.74) is 9.32. The summed E-state index contributed by atoms with van der Waals surface area (Å²) in [4.78, 5) is 11.9. The molecule has 0 bridgehead atoms. The van der Waals surface area contributed by atoms with E-state index in [0.29, 0.717) is 16.8 Å². The number of hydrogen-bond donors (Lipinski definition) is 3. The number of ether oxygens (including phenoxy) is 1. The number of nitrogen functional groups attached to an aromatic ring is 1. The van der Waals surface area contributed by atoms with Crippen LogP contribution in [0.15, 0.2) is 41.5 Å². The normalized spacial score (nSPS) is 10.6. The summed E-state index contributed by atoms with van der Waals surface area (Å²) >= 11 is 5.86. The third kappa shape index (κ3) is 3.48. The van der Waals surface area contributed by atoms with E-state index in [4.69, 9.17) is 22.1 Å². The summed E-state index contributed by atoms with van der Waals surface area (Å²) in [6.45, 7) is 0. The molecule has 6 nitrogen and oxygen atoms in total. The fourth-order valence-corrected chi connectivity index (χ4v) is 1.97. The maximum absolute atomic E-state index is 11.9. The predicted octanol–water partition coefficient (Wildman–Crippen LogP) is 2.40. The van der Waals surface area contributed by atoms with Gasteiger partial charge < -0.3 is 15.6 Å². The average Bonchev–Trinajstić information content (AvgIpc) is 2.50. The summed E-state index contributed by atoms with van der Waals surface area (Å²) < 4.78 is 4.98. The molecule has 0 atom stereocenters. The van der Waals surface area contributed by atoms with Gasteiger partial charge >= 0.3 is 0 Å². The molecule has 0 saturated carbocycles. The monoisotopic (exact) mass is 319 g/mol.